The number of hydrogen-bond donors (Lipinski definition) is 0. The monoisotopic (exact) mass is 351 g/mol. The van der Waals surface area contributed by atoms with E-state index in [-0.39, 0.29) is 0 Å². The molecule has 0 radical (unpaired) electrons. The average molecular weight is 352 g/mol. The van der Waals surface area contributed by atoms with Crippen LogP contribution in [0.1, 0.15) is 26.3 Å². The summed E-state index contributed by atoms with van der Waals surface area (Å²) in [5.74, 6) is 0. The third-order valence-electron chi connectivity index (χ3n) is 5.65. The van der Waals surface area contributed by atoms with Crippen molar-refractivity contribution in [1.29, 1.82) is 0 Å². The van der Waals surface area contributed by atoms with E-state index in [4.69, 9.17) is 0 Å². The molecular weight excluding hydrogens is 318 g/mol. The molecule has 1 aliphatic rings. The summed E-state index contributed by atoms with van der Waals surface area (Å²) in [6.45, 7) is 13.4. The van der Waals surface area contributed by atoms with Crippen LogP contribution in [0.25, 0.3) is 0 Å². The van der Waals surface area contributed by atoms with Crippen molar-refractivity contribution in [3.8, 4) is 0 Å². The first-order valence-corrected chi connectivity index (χ1v) is 10.1. The minimum atomic E-state index is 0.601. The Morgan fingerprint density at radius 2 is 1.46 bits per heavy atom. The quantitative estimate of drug-likeness (QED) is 0.737. The lowest BCUT2D eigenvalue weighted by molar-refractivity contribution is 0.196. The van der Waals surface area contributed by atoms with E-state index in [9.17, 15) is 0 Å². The zero-order valence-corrected chi connectivity index (χ0v) is 16.6. The fourth-order valence-corrected chi connectivity index (χ4v) is 3.97. The van der Waals surface area contributed by atoms with Gasteiger partial charge in [0.25, 0.3) is 0 Å². The van der Waals surface area contributed by atoms with Crippen molar-refractivity contribution in [2.75, 3.05) is 49.1 Å². The summed E-state index contributed by atoms with van der Waals surface area (Å²) in [6.07, 6.45) is 1.14. The fraction of sp³-hybridized carbons (Fsp3) is 0.478. The number of hydrogen-bond acceptors (Lipinski definition) is 3. The molecule has 0 aromatic heterocycles. The molecule has 26 heavy (non-hydrogen) atoms. The second kappa shape index (κ2) is 9.09. The van der Waals surface area contributed by atoms with E-state index < -0.39 is 0 Å². The van der Waals surface area contributed by atoms with Crippen molar-refractivity contribution in [3.63, 3.8) is 0 Å². The van der Waals surface area contributed by atoms with Gasteiger partial charge in [0.05, 0.1) is 0 Å². The number of rotatable bonds is 7. The highest BCUT2D eigenvalue weighted by atomic mass is 15.3. The van der Waals surface area contributed by atoms with Crippen molar-refractivity contribution in [1.82, 2.24) is 4.90 Å². The maximum Gasteiger partial charge on any atom is 0.0368 e. The molecule has 140 valence electrons. The Labute approximate surface area is 159 Å². The van der Waals surface area contributed by atoms with Crippen molar-refractivity contribution >= 4 is 11.4 Å². The van der Waals surface area contributed by atoms with Gasteiger partial charge in [-0.3, -0.25) is 4.90 Å². The lowest BCUT2D eigenvalue weighted by Crippen LogP contribution is -2.50. The Morgan fingerprint density at radius 1 is 0.846 bits per heavy atom. The largest absolute Gasteiger partial charge is 0.372 e. The van der Waals surface area contributed by atoms with E-state index in [1.165, 1.54) is 16.9 Å². The zero-order valence-electron chi connectivity index (χ0n) is 16.6. The molecule has 1 fully saturated rings. The van der Waals surface area contributed by atoms with Crippen LogP contribution < -0.4 is 9.80 Å². The smallest absolute Gasteiger partial charge is 0.0368 e. The van der Waals surface area contributed by atoms with Gasteiger partial charge in [0, 0.05) is 56.7 Å². The van der Waals surface area contributed by atoms with E-state index >= 15 is 0 Å². The van der Waals surface area contributed by atoms with Gasteiger partial charge in [-0.1, -0.05) is 30.3 Å². The minimum absolute atomic E-state index is 0.601. The molecular formula is C23H33N3. The highest BCUT2D eigenvalue weighted by molar-refractivity contribution is 5.56. The number of nitrogens with zero attached hydrogens (tertiary/aromatic N) is 3. The summed E-state index contributed by atoms with van der Waals surface area (Å²) in [4.78, 5) is 7.55. The minimum Gasteiger partial charge on any atom is -0.372 e. The van der Waals surface area contributed by atoms with Crippen molar-refractivity contribution in [2.45, 2.75) is 33.2 Å². The molecule has 3 nitrogen and oxygen atoms in total. The second-order valence-corrected chi connectivity index (χ2v) is 7.25. The van der Waals surface area contributed by atoms with Gasteiger partial charge in [0.1, 0.15) is 0 Å². The number of benzene rings is 2. The van der Waals surface area contributed by atoms with Crippen LogP contribution in [-0.2, 0) is 6.42 Å². The summed E-state index contributed by atoms with van der Waals surface area (Å²) in [5, 5.41) is 0. The fourth-order valence-electron chi connectivity index (χ4n) is 3.97. The van der Waals surface area contributed by atoms with Gasteiger partial charge >= 0.3 is 0 Å². The van der Waals surface area contributed by atoms with Crippen LogP contribution >= 0.6 is 0 Å². The van der Waals surface area contributed by atoms with E-state index in [0.29, 0.717) is 6.04 Å². The van der Waals surface area contributed by atoms with Gasteiger partial charge in [-0.05, 0) is 57.0 Å². The van der Waals surface area contributed by atoms with Crippen LogP contribution in [0, 0.1) is 0 Å². The normalized spacial score (nSPS) is 16.5. The van der Waals surface area contributed by atoms with E-state index in [2.05, 4.69) is 90.1 Å². The SMILES string of the molecule is CCN(CC)c1ccc(N2CCN(C(C)Cc3ccccc3)CC2)cc1. The first kappa shape index (κ1) is 18.8. The first-order chi connectivity index (χ1) is 12.7. The maximum absolute atomic E-state index is 2.63. The highest BCUT2D eigenvalue weighted by Gasteiger charge is 2.21. The van der Waals surface area contributed by atoms with Crippen LogP contribution in [0.4, 0.5) is 11.4 Å². The van der Waals surface area contributed by atoms with Crippen molar-refractivity contribution in [2.24, 2.45) is 0 Å². The van der Waals surface area contributed by atoms with Gasteiger partial charge < -0.3 is 9.80 Å². The van der Waals surface area contributed by atoms with Crippen LogP contribution in [0.15, 0.2) is 54.6 Å². The Morgan fingerprint density at radius 3 is 2.04 bits per heavy atom. The molecule has 1 saturated heterocycles. The van der Waals surface area contributed by atoms with Crippen LogP contribution in [0.3, 0.4) is 0 Å². The predicted octanol–water partition coefficient (Wildman–Crippen LogP) is 4.29. The molecule has 0 bridgehead atoms. The summed E-state index contributed by atoms with van der Waals surface area (Å²) in [5.41, 5.74) is 4.12. The third kappa shape index (κ3) is 4.59. The third-order valence-corrected chi connectivity index (χ3v) is 5.65. The van der Waals surface area contributed by atoms with Crippen LogP contribution in [0.5, 0.6) is 0 Å². The van der Waals surface area contributed by atoms with E-state index in [0.717, 1.165) is 45.7 Å². The molecule has 1 aliphatic heterocycles. The molecule has 2 aromatic rings. The molecule has 0 N–H and O–H groups in total. The summed E-state index contributed by atoms with van der Waals surface area (Å²) in [7, 11) is 0. The molecule has 0 spiro atoms. The standard InChI is InChI=1S/C23H33N3/c1-4-24(5-2)22-11-13-23(14-12-22)26-17-15-25(16-18-26)20(3)19-21-9-7-6-8-10-21/h6-14,20H,4-5,15-19H2,1-3H3. The molecule has 0 saturated carbocycles. The van der Waals surface area contributed by atoms with Gasteiger partial charge in [0.2, 0.25) is 0 Å². The summed E-state index contributed by atoms with van der Waals surface area (Å²) >= 11 is 0. The predicted molar refractivity (Wildman–Crippen MR) is 113 cm³/mol. The summed E-state index contributed by atoms with van der Waals surface area (Å²) < 4.78 is 0. The number of anilines is 2. The van der Waals surface area contributed by atoms with Crippen LogP contribution in [-0.4, -0.2) is 50.2 Å². The molecule has 1 atom stereocenters. The zero-order chi connectivity index (χ0) is 18.4. The van der Waals surface area contributed by atoms with Gasteiger partial charge in [-0.2, -0.15) is 0 Å². The molecule has 0 aliphatic carbocycles. The van der Waals surface area contributed by atoms with E-state index in [1.54, 1.807) is 0 Å². The Kier molecular flexibility index (Phi) is 6.56. The van der Waals surface area contributed by atoms with Crippen molar-refractivity contribution in [3.05, 3.63) is 60.2 Å². The van der Waals surface area contributed by atoms with E-state index in [1.807, 2.05) is 0 Å². The first-order valence-electron chi connectivity index (χ1n) is 10.1. The molecule has 1 heterocycles. The van der Waals surface area contributed by atoms with Gasteiger partial charge in [-0.25, -0.2) is 0 Å². The molecule has 3 heteroatoms. The molecule has 1 unspecified atom stereocenters. The highest BCUT2D eigenvalue weighted by Crippen LogP contribution is 2.22. The van der Waals surface area contributed by atoms with Gasteiger partial charge in [0.15, 0.2) is 0 Å². The summed E-state index contributed by atoms with van der Waals surface area (Å²) in [6, 6.07) is 20.6. The topological polar surface area (TPSA) is 9.72 Å². The molecule has 0 amide bonds. The Hall–Kier alpha value is -2.00. The molecule has 3 rings (SSSR count). The molecule has 2 aromatic carbocycles. The number of piperazine rings is 1. The Balaban J connectivity index is 1.53. The van der Waals surface area contributed by atoms with Crippen molar-refractivity contribution < 1.29 is 0 Å². The maximum atomic E-state index is 2.63. The van der Waals surface area contributed by atoms with Crippen LogP contribution in [0.2, 0.25) is 0 Å². The lowest BCUT2D eigenvalue weighted by Gasteiger charge is -2.39. The lowest BCUT2D eigenvalue weighted by atomic mass is 10.1. The van der Waals surface area contributed by atoms with Gasteiger partial charge in [-0.15, -0.1) is 0 Å². The second-order valence-electron chi connectivity index (χ2n) is 7.25. The average Bonchev–Trinajstić information content (AvgIpc) is 2.70. The Bertz CT molecular complexity index is 641.